The van der Waals surface area contributed by atoms with Crippen molar-refractivity contribution in [1.82, 2.24) is 0 Å². The van der Waals surface area contributed by atoms with Crippen molar-refractivity contribution in [3.05, 3.63) is 0 Å². The van der Waals surface area contributed by atoms with Gasteiger partial charge in [0.05, 0.1) is 0 Å². The maximum atomic E-state index is 0. The molecule has 0 aliphatic carbocycles. The molecule has 0 spiro atoms. The van der Waals surface area contributed by atoms with Crippen LogP contribution in [0.4, 0.5) is 0 Å². The van der Waals surface area contributed by atoms with E-state index in [1.165, 1.54) is 0 Å². The fraction of sp³-hybridized carbons (Fsp3) is 0. The minimum Gasteiger partial charge on any atom is 0 e. The molecule has 0 aliphatic rings. The van der Waals surface area contributed by atoms with E-state index in [4.69, 9.17) is 0 Å². The summed E-state index contributed by atoms with van der Waals surface area (Å²) >= 11 is 0. The fourth-order valence-corrected chi connectivity index (χ4v) is 0. The van der Waals surface area contributed by atoms with E-state index in [2.05, 4.69) is 0 Å². The molecule has 6 heavy (non-hydrogen) atoms. The Balaban J connectivity index is 0. The van der Waals surface area contributed by atoms with Crippen LogP contribution in [0.5, 0.6) is 0 Å². The van der Waals surface area contributed by atoms with Gasteiger partial charge in [0.25, 0.3) is 0 Å². The zero-order valence-electron chi connectivity index (χ0n) is 2.67. The summed E-state index contributed by atoms with van der Waals surface area (Å²) in [7, 11) is 0. The van der Waals surface area contributed by atoms with E-state index < -0.39 is 0 Å². The van der Waals surface area contributed by atoms with Gasteiger partial charge in [0.1, 0.15) is 0 Å². The molecule has 6 heteroatoms. The maximum Gasteiger partial charge on any atom is 0 e. The largest absolute Gasteiger partial charge is 0 e. The third-order valence-electron chi connectivity index (χ3n) is 0. The number of hydrogen-bond donors (Lipinski definition) is 0. The average Bonchev–Trinajstić information content (AvgIpc) is 0. The molecule has 5 radical (unpaired) electrons. The number of rotatable bonds is 0. The molecule has 0 unspecified atom stereocenters. The van der Waals surface area contributed by atoms with Crippen molar-refractivity contribution in [2.75, 3.05) is 0 Å². The molecule has 0 saturated carbocycles. The predicted octanol–water partition coefficient (Wildman–Crippen LogP) is -0.393. The SMILES string of the molecule is [Ag].[Au].[Cu].[Fe].[Mg].[Zn]. The summed E-state index contributed by atoms with van der Waals surface area (Å²) in [4.78, 5) is 0. The van der Waals surface area contributed by atoms with Crippen LogP contribution in [-0.2, 0) is 98.4 Å². The predicted molar refractivity (Wildman–Crippen MR) is 5.75 cm³/mol. The molecule has 0 aromatic rings. The summed E-state index contributed by atoms with van der Waals surface area (Å²) in [6, 6.07) is 0. The van der Waals surface area contributed by atoms with Gasteiger partial charge in [-0.05, 0) is 0 Å². The molecule has 45 valence electrons. The van der Waals surface area contributed by atoms with Gasteiger partial charge in [0.2, 0.25) is 0 Å². The second kappa shape index (κ2) is 36.5. The van der Waals surface area contributed by atoms with Crippen molar-refractivity contribution in [2.24, 2.45) is 0 Å². The van der Waals surface area contributed by atoms with Gasteiger partial charge in [-0.25, -0.2) is 0 Å². The summed E-state index contributed by atoms with van der Waals surface area (Å²) in [5, 5.41) is 0. The van der Waals surface area contributed by atoms with E-state index in [9.17, 15) is 0 Å². The van der Waals surface area contributed by atoms with E-state index in [1.807, 2.05) is 0 Å². The van der Waals surface area contributed by atoms with Gasteiger partial charge in [-0.2, -0.15) is 0 Å². The minimum absolute atomic E-state index is 0. The van der Waals surface area contributed by atoms with Gasteiger partial charge in [-0.3, -0.25) is 0 Å². The topological polar surface area (TPSA) is 0 Å². The molecule has 0 bridgehead atoms. The summed E-state index contributed by atoms with van der Waals surface area (Å²) < 4.78 is 0. The zero-order valence-corrected chi connectivity index (χ0v) is 12.7. The third-order valence-corrected chi connectivity index (χ3v) is 0. The van der Waals surface area contributed by atoms with E-state index in [1.54, 1.807) is 0 Å². The molecule has 0 aliphatic heterocycles. The first kappa shape index (κ1) is 51.5. The first-order valence-electron chi connectivity index (χ1n) is 0. The molecule has 0 rings (SSSR count). The maximum absolute atomic E-state index is 0. The van der Waals surface area contributed by atoms with Crippen LogP contribution >= 0.6 is 0 Å². The Morgan fingerprint density at radius 2 is 1.00 bits per heavy atom. The van der Waals surface area contributed by atoms with Crippen molar-refractivity contribution < 1.29 is 98.4 Å². The van der Waals surface area contributed by atoms with Crippen LogP contribution in [0.15, 0.2) is 0 Å². The summed E-state index contributed by atoms with van der Waals surface area (Å²) in [6.45, 7) is 0. The standard InChI is InChI=1S/Ag.Au.Cu.Fe.Mg.Zn. The Morgan fingerprint density at radius 3 is 1.00 bits per heavy atom. The third kappa shape index (κ3) is 24.7. The first-order chi connectivity index (χ1) is 0. The van der Waals surface area contributed by atoms with Crippen molar-refractivity contribution in [2.45, 2.75) is 0 Å². The summed E-state index contributed by atoms with van der Waals surface area (Å²) in [5.74, 6) is 0. The molecule has 0 amide bonds. The molecular weight excluding hydrogens is 514 g/mol. The van der Waals surface area contributed by atoms with E-state index in [0.29, 0.717) is 0 Å². The summed E-state index contributed by atoms with van der Waals surface area (Å²) in [6.07, 6.45) is 0. The Kier molecular flexibility index (Phi) is 313. The molecule has 0 aromatic carbocycles. The monoisotopic (exact) mass is 511 g/mol. The molecular formula is AgAuCuFeMgZn. The Labute approximate surface area is 119 Å². The van der Waals surface area contributed by atoms with Gasteiger partial charge in [0.15, 0.2) is 0 Å². The second-order valence-corrected chi connectivity index (χ2v) is 0. The molecule has 0 nitrogen and oxygen atoms in total. The van der Waals surface area contributed by atoms with Gasteiger partial charge in [-0.1, -0.05) is 0 Å². The molecule has 0 saturated heterocycles. The van der Waals surface area contributed by atoms with Gasteiger partial charge < -0.3 is 0 Å². The first-order valence-corrected chi connectivity index (χ1v) is 0. The average molecular weight is 514 g/mol. The molecule has 0 heterocycles. The van der Waals surface area contributed by atoms with Crippen LogP contribution in [-0.4, -0.2) is 23.1 Å². The van der Waals surface area contributed by atoms with Crippen LogP contribution in [0.3, 0.4) is 0 Å². The molecule has 0 aromatic heterocycles. The van der Waals surface area contributed by atoms with Crippen LogP contribution in [0.25, 0.3) is 0 Å². The quantitative estimate of drug-likeness (QED) is 0.387. The molecule has 0 N–H and O–H groups in total. The number of hydrogen-bond acceptors (Lipinski definition) is 0. The van der Waals surface area contributed by atoms with E-state index in [0.717, 1.165) is 0 Å². The van der Waals surface area contributed by atoms with Crippen molar-refractivity contribution >= 4 is 23.1 Å². The summed E-state index contributed by atoms with van der Waals surface area (Å²) in [5.41, 5.74) is 0. The van der Waals surface area contributed by atoms with Gasteiger partial charge >= 0.3 is 0 Å². The Hall–Kier alpha value is 3.91. The Morgan fingerprint density at radius 1 is 1.00 bits per heavy atom. The van der Waals surface area contributed by atoms with Crippen LogP contribution < -0.4 is 0 Å². The van der Waals surface area contributed by atoms with Crippen LogP contribution in [0.2, 0.25) is 0 Å². The van der Waals surface area contributed by atoms with E-state index >= 15 is 0 Å². The smallest absolute Gasteiger partial charge is 0 e. The molecule has 0 atom stereocenters. The second-order valence-electron chi connectivity index (χ2n) is 0. The normalized spacial score (nSPS) is 0. The van der Waals surface area contributed by atoms with E-state index in [-0.39, 0.29) is 121 Å². The fourth-order valence-electron chi connectivity index (χ4n) is 0. The molecule has 0 fully saturated rings. The zero-order chi connectivity index (χ0) is 0. The van der Waals surface area contributed by atoms with Crippen molar-refractivity contribution in [3.63, 3.8) is 0 Å². The van der Waals surface area contributed by atoms with Crippen LogP contribution in [0, 0.1) is 0 Å². The minimum atomic E-state index is 0. The van der Waals surface area contributed by atoms with Gasteiger partial charge in [-0.15, -0.1) is 0 Å². The van der Waals surface area contributed by atoms with Gasteiger partial charge in [0, 0.05) is 121 Å². The van der Waals surface area contributed by atoms with Crippen molar-refractivity contribution in [3.8, 4) is 0 Å². The Bertz CT molecular complexity index is 15.5. The van der Waals surface area contributed by atoms with Crippen molar-refractivity contribution in [1.29, 1.82) is 0 Å². The van der Waals surface area contributed by atoms with Crippen LogP contribution in [0.1, 0.15) is 0 Å².